The number of phenols is 3. The predicted octanol–water partition coefficient (Wildman–Crippen LogP) is -0.846. The summed E-state index contributed by atoms with van der Waals surface area (Å²) in [6, 6.07) is 4.01. The topological polar surface area (TPSA) is 124 Å². The van der Waals surface area contributed by atoms with Crippen LogP contribution in [0.15, 0.2) is 18.2 Å². The molecule has 0 aliphatic carbocycles. The summed E-state index contributed by atoms with van der Waals surface area (Å²) in [6.07, 6.45) is 0. The molecule has 0 aromatic heterocycles. The number of phenolic OH excluding ortho intramolecular Hbond substituents is 3. The van der Waals surface area contributed by atoms with Gasteiger partial charge in [0.25, 0.3) is 0 Å². The fraction of sp³-hybridized carbons (Fsp3) is 0. The van der Waals surface area contributed by atoms with Gasteiger partial charge in [-0.3, -0.25) is 0 Å². The Morgan fingerprint density at radius 2 is 1.18 bits per heavy atom. The third-order valence-corrected chi connectivity index (χ3v) is 0.993. The first-order valence-corrected chi connectivity index (χ1v) is 2.41. The normalized spacial score (nSPS) is 7.64. The molecule has 0 aliphatic rings. The molecule has 0 bridgehead atoms. The van der Waals surface area contributed by atoms with Crippen LogP contribution < -0.4 is 0 Å². The lowest BCUT2D eigenvalue weighted by molar-refractivity contribution is 0.368. The highest BCUT2D eigenvalue weighted by Crippen LogP contribution is 2.32. The maximum atomic E-state index is 8.71. The lowest BCUT2D eigenvalue weighted by atomic mass is 10.3. The summed E-state index contributed by atoms with van der Waals surface area (Å²) < 4.78 is 0. The molecule has 1 aromatic rings. The van der Waals surface area contributed by atoms with E-state index in [0.29, 0.717) is 0 Å². The first-order chi connectivity index (χ1) is 4.22. The SMILES string of the molecule is O.O.Oc1cccc(O)c1O. The molecule has 1 aromatic carbocycles. The molecule has 0 fully saturated rings. The largest absolute Gasteiger partial charge is 0.504 e. The van der Waals surface area contributed by atoms with Crippen LogP contribution in [0.25, 0.3) is 0 Å². The van der Waals surface area contributed by atoms with Crippen LogP contribution in [0.3, 0.4) is 0 Å². The van der Waals surface area contributed by atoms with E-state index in [4.69, 9.17) is 15.3 Å². The Hall–Kier alpha value is -1.46. The maximum absolute atomic E-state index is 8.71. The van der Waals surface area contributed by atoms with E-state index in [1.165, 1.54) is 18.2 Å². The van der Waals surface area contributed by atoms with Crippen LogP contribution in [-0.4, -0.2) is 26.3 Å². The molecule has 0 spiro atoms. The Morgan fingerprint density at radius 3 is 1.45 bits per heavy atom. The molecule has 5 heteroatoms. The smallest absolute Gasteiger partial charge is 0.200 e. The van der Waals surface area contributed by atoms with Crippen LogP contribution in [-0.2, 0) is 0 Å². The quantitative estimate of drug-likeness (QED) is 0.430. The molecule has 0 unspecified atom stereocenters. The second kappa shape index (κ2) is 4.37. The van der Waals surface area contributed by atoms with Gasteiger partial charge in [0, 0.05) is 0 Å². The third kappa shape index (κ3) is 2.32. The van der Waals surface area contributed by atoms with Crippen molar-refractivity contribution in [1.29, 1.82) is 0 Å². The van der Waals surface area contributed by atoms with Gasteiger partial charge in [-0.05, 0) is 12.1 Å². The molecule has 1 rings (SSSR count). The van der Waals surface area contributed by atoms with Gasteiger partial charge in [0.15, 0.2) is 17.2 Å². The molecule has 64 valence electrons. The van der Waals surface area contributed by atoms with Crippen LogP contribution in [0.5, 0.6) is 17.2 Å². The van der Waals surface area contributed by atoms with Crippen LogP contribution in [0.4, 0.5) is 0 Å². The third-order valence-electron chi connectivity index (χ3n) is 0.993. The van der Waals surface area contributed by atoms with E-state index >= 15 is 0 Å². The molecule has 0 atom stereocenters. The van der Waals surface area contributed by atoms with Crippen molar-refractivity contribution in [3.63, 3.8) is 0 Å². The number of rotatable bonds is 0. The Balaban J connectivity index is 0. The van der Waals surface area contributed by atoms with E-state index in [2.05, 4.69) is 0 Å². The predicted molar refractivity (Wildman–Crippen MR) is 38.7 cm³/mol. The average molecular weight is 162 g/mol. The number of hydrogen-bond donors (Lipinski definition) is 3. The number of aromatic hydroxyl groups is 3. The number of hydrogen-bond acceptors (Lipinski definition) is 3. The number of benzene rings is 1. The van der Waals surface area contributed by atoms with Gasteiger partial charge >= 0.3 is 0 Å². The van der Waals surface area contributed by atoms with Crippen molar-refractivity contribution in [1.82, 2.24) is 0 Å². The van der Waals surface area contributed by atoms with Crippen molar-refractivity contribution in [2.45, 2.75) is 0 Å². The summed E-state index contributed by atoms with van der Waals surface area (Å²) >= 11 is 0. The van der Waals surface area contributed by atoms with Gasteiger partial charge in [0.05, 0.1) is 0 Å². The van der Waals surface area contributed by atoms with Crippen LogP contribution in [0.1, 0.15) is 0 Å². The van der Waals surface area contributed by atoms with Gasteiger partial charge in [-0.15, -0.1) is 0 Å². The monoisotopic (exact) mass is 162 g/mol. The van der Waals surface area contributed by atoms with Gasteiger partial charge < -0.3 is 26.3 Å². The standard InChI is InChI=1S/C6H6O3.2H2O/c7-4-2-1-3-5(8)6(4)9;;/h1-3,7-9H;2*1H2. The molecule has 11 heavy (non-hydrogen) atoms. The molecule has 0 heterocycles. The van der Waals surface area contributed by atoms with Gasteiger partial charge in [-0.25, -0.2) is 0 Å². The first-order valence-electron chi connectivity index (χ1n) is 2.41. The minimum atomic E-state index is -0.475. The summed E-state index contributed by atoms with van der Waals surface area (Å²) in [5.41, 5.74) is 0. The Labute approximate surface area is 62.8 Å². The van der Waals surface area contributed by atoms with Gasteiger partial charge in [0.2, 0.25) is 0 Å². The summed E-state index contributed by atoms with van der Waals surface area (Å²) in [4.78, 5) is 0. The Kier molecular flexibility index (Phi) is 4.86. The molecule has 0 amide bonds. The van der Waals surface area contributed by atoms with Crippen molar-refractivity contribution < 1.29 is 26.3 Å². The fourth-order valence-corrected chi connectivity index (χ4v) is 0.519. The van der Waals surface area contributed by atoms with Gasteiger partial charge in [-0.1, -0.05) is 6.07 Å². The molecule has 0 saturated carbocycles. The zero-order valence-electron chi connectivity index (χ0n) is 5.57. The Morgan fingerprint density at radius 1 is 0.818 bits per heavy atom. The van der Waals surface area contributed by atoms with Crippen LogP contribution >= 0.6 is 0 Å². The van der Waals surface area contributed by atoms with Crippen molar-refractivity contribution in [2.24, 2.45) is 0 Å². The van der Waals surface area contributed by atoms with Crippen LogP contribution in [0.2, 0.25) is 0 Å². The molecule has 0 radical (unpaired) electrons. The minimum Gasteiger partial charge on any atom is -0.504 e. The molecular formula is C6H10O5. The van der Waals surface area contributed by atoms with E-state index in [0.717, 1.165) is 0 Å². The molecular weight excluding hydrogens is 152 g/mol. The summed E-state index contributed by atoms with van der Waals surface area (Å²) in [5, 5.41) is 26.1. The van der Waals surface area contributed by atoms with Gasteiger partial charge in [0.1, 0.15) is 0 Å². The second-order valence-electron chi connectivity index (χ2n) is 1.64. The van der Waals surface area contributed by atoms with Gasteiger partial charge in [-0.2, -0.15) is 0 Å². The van der Waals surface area contributed by atoms with E-state index in [9.17, 15) is 0 Å². The highest BCUT2D eigenvalue weighted by atomic mass is 16.3. The number of para-hydroxylation sites is 1. The minimum absolute atomic E-state index is 0. The molecule has 0 saturated heterocycles. The summed E-state index contributed by atoms with van der Waals surface area (Å²) in [5.74, 6) is -1.09. The molecule has 7 N–H and O–H groups in total. The average Bonchev–Trinajstić information content (AvgIpc) is 1.83. The van der Waals surface area contributed by atoms with E-state index < -0.39 is 5.75 Å². The summed E-state index contributed by atoms with van der Waals surface area (Å²) in [7, 11) is 0. The highest BCUT2D eigenvalue weighted by Gasteiger charge is 2.00. The fourth-order valence-electron chi connectivity index (χ4n) is 0.519. The molecule has 5 nitrogen and oxygen atoms in total. The zero-order chi connectivity index (χ0) is 6.85. The van der Waals surface area contributed by atoms with Crippen molar-refractivity contribution in [3.8, 4) is 17.2 Å². The lowest BCUT2D eigenvalue weighted by Gasteiger charge is -1.96. The Bertz CT molecular complexity index is 202. The van der Waals surface area contributed by atoms with Crippen LogP contribution in [0, 0.1) is 0 Å². The van der Waals surface area contributed by atoms with Crippen molar-refractivity contribution >= 4 is 0 Å². The first kappa shape index (κ1) is 12.2. The van der Waals surface area contributed by atoms with E-state index in [-0.39, 0.29) is 22.5 Å². The molecule has 0 aliphatic heterocycles. The highest BCUT2D eigenvalue weighted by molar-refractivity contribution is 5.47. The summed E-state index contributed by atoms with van der Waals surface area (Å²) in [6.45, 7) is 0. The maximum Gasteiger partial charge on any atom is 0.200 e. The van der Waals surface area contributed by atoms with E-state index in [1.807, 2.05) is 0 Å². The van der Waals surface area contributed by atoms with Crippen molar-refractivity contribution in [2.75, 3.05) is 0 Å². The van der Waals surface area contributed by atoms with E-state index in [1.54, 1.807) is 0 Å². The zero-order valence-corrected chi connectivity index (χ0v) is 5.57. The van der Waals surface area contributed by atoms with Crippen molar-refractivity contribution in [3.05, 3.63) is 18.2 Å². The second-order valence-corrected chi connectivity index (χ2v) is 1.64. The lowest BCUT2D eigenvalue weighted by Crippen LogP contribution is -1.67.